The van der Waals surface area contributed by atoms with E-state index in [0.717, 1.165) is 13.8 Å². The third-order valence-corrected chi connectivity index (χ3v) is 3.38. The molecule has 1 saturated heterocycles. The van der Waals surface area contributed by atoms with Crippen LogP contribution in [0.4, 0.5) is 0 Å². The van der Waals surface area contributed by atoms with E-state index in [4.69, 9.17) is 9.84 Å². The van der Waals surface area contributed by atoms with Gasteiger partial charge in [-0.1, -0.05) is 0 Å². The highest BCUT2D eigenvalue weighted by Crippen LogP contribution is 2.42. The van der Waals surface area contributed by atoms with Crippen molar-refractivity contribution in [3.05, 3.63) is 0 Å². The molecule has 15 heavy (non-hydrogen) atoms. The molecular weight excluding hydrogens is 204 g/mol. The van der Waals surface area contributed by atoms with Gasteiger partial charge in [0.15, 0.2) is 5.79 Å². The van der Waals surface area contributed by atoms with Gasteiger partial charge in [-0.25, -0.2) is 0 Å². The van der Waals surface area contributed by atoms with Gasteiger partial charge in [-0.2, -0.15) is 0 Å². The van der Waals surface area contributed by atoms with Crippen LogP contribution >= 0.6 is 0 Å². The summed E-state index contributed by atoms with van der Waals surface area (Å²) in [4.78, 5) is 0. The molecule has 5 N–H and O–H groups in total. The molecule has 6 nitrogen and oxygen atoms in total. The Bertz CT molecular complexity index is 247. The lowest BCUT2D eigenvalue weighted by atomic mass is 9.72. The molecule has 1 heterocycles. The Morgan fingerprint density at radius 3 is 2.00 bits per heavy atom. The summed E-state index contributed by atoms with van der Waals surface area (Å²) in [6.07, 6.45) is -2.63. The van der Waals surface area contributed by atoms with E-state index in [-0.39, 0.29) is 0 Å². The van der Waals surface area contributed by atoms with Gasteiger partial charge in [0.2, 0.25) is 0 Å². The minimum atomic E-state index is -2.05. The van der Waals surface area contributed by atoms with Crippen LogP contribution in [0.25, 0.3) is 0 Å². The molecule has 0 radical (unpaired) electrons. The van der Waals surface area contributed by atoms with Gasteiger partial charge < -0.3 is 30.3 Å². The highest BCUT2D eigenvalue weighted by atomic mass is 16.7. The summed E-state index contributed by atoms with van der Waals surface area (Å²) < 4.78 is 4.93. The maximum absolute atomic E-state index is 9.96. The van der Waals surface area contributed by atoms with Gasteiger partial charge in [0.1, 0.15) is 23.4 Å². The lowest BCUT2D eigenvalue weighted by Crippen LogP contribution is -2.76. The first-order chi connectivity index (χ1) is 6.58. The van der Waals surface area contributed by atoms with Crippen molar-refractivity contribution in [2.75, 3.05) is 6.61 Å². The van der Waals surface area contributed by atoms with Crippen LogP contribution in [0.15, 0.2) is 0 Å². The molecule has 1 rings (SSSR count). The lowest BCUT2D eigenvalue weighted by molar-refractivity contribution is -0.401. The molecule has 1 aliphatic rings. The monoisotopic (exact) mass is 222 g/mol. The van der Waals surface area contributed by atoms with E-state index in [0.29, 0.717) is 0 Å². The second kappa shape index (κ2) is 3.38. The largest absolute Gasteiger partial charge is 0.394 e. The Kier molecular flexibility index (Phi) is 2.89. The maximum atomic E-state index is 9.96. The van der Waals surface area contributed by atoms with Crippen LogP contribution in [0, 0.1) is 0 Å². The first-order valence-corrected chi connectivity index (χ1v) is 4.72. The van der Waals surface area contributed by atoms with E-state index in [1.54, 1.807) is 0 Å². The molecule has 1 unspecified atom stereocenters. The molecule has 0 aromatic rings. The van der Waals surface area contributed by atoms with Crippen LogP contribution in [-0.2, 0) is 4.74 Å². The van der Waals surface area contributed by atoms with Crippen molar-refractivity contribution in [2.45, 2.75) is 50.0 Å². The van der Waals surface area contributed by atoms with Gasteiger partial charge >= 0.3 is 0 Å². The summed E-state index contributed by atoms with van der Waals surface area (Å²) in [5, 5.41) is 48.3. The number of aliphatic hydroxyl groups excluding tert-OH is 2. The van der Waals surface area contributed by atoms with Crippen molar-refractivity contribution < 1.29 is 30.3 Å². The zero-order valence-electron chi connectivity index (χ0n) is 9.01. The molecule has 5 atom stereocenters. The lowest BCUT2D eigenvalue weighted by Gasteiger charge is -2.55. The maximum Gasteiger partial charge on any atom is 0.195 e. The summed E-state index contributed by atoms with van der Waals surface area (Å²) >= 11 is 0. The number of aliphatic hydroxyl groups is 5. The average molecular weight is 222 g/mol. The third kappa shape index (κ3) is 1.57. The first kappa shape index (κ1) is 12.8. The molecule has 0 amide bonds. The number of rotatable bonds is 1. The van der Waals surface area contributed by atoms with Gasteiger partial charge in [0.05, 0.1) is 6.61 Å². The number of hydrogen-bond donors (Lipinski definition) is 5. The standard InChI is InChI=1S/C9H18O6/c1-7(12)6(11)5(4-10)15-9(3,14)8(7,2)13/h5-6,10-14H,4H2,1-3H3/t5-,6-,7+,8+,9?/m1/s1. The van der Waals surface area contributed by atoms with Crippen molar-refractivity contribution in [3.8, 4) is 0 Å². The second-order valence-electron chi connectivity index (χ2n) is 4.49. The van der Waals surface area contributed by atoms with Crippen LogP contribution < -0.4 is 0 Å². The zero-order valence-corrected chi connectivity index (χ0v) is 9.01. The van der Waals surface area contributed by atoms with Crippen LogP contribution in [0.3, 0.4) is 0 Å². The van der Waals surface area contributed by atoms with Crippen LogP contribution in [-0.4, -0.2) is 61.3 Å². The summed E-state index contributed by atoms with van der Waals surface area (Å²) in [7, 11) is 0. The van der Waals surface area contributed by atoms with Gasteiger partial charge in [-0.15, -0.1) is 0 Å². The SMILES string of the molecule is CC1(O)O[C@H](CO)[C@@H](O)[C@](C)(O)[C@]1(C)O. The molecule has 1 fully saturated rings. The van der Waals surface area contributed by atoms with Crippen molar-refractivity contribution >= 4 is 0 Å². The van der Waals surface area contributed by atoms with E-state index >= 15 is 0 Å². The van der Waals surface area contributed by atoms with Gasteiger partial charge in [-0.3, -0.25) is 0 Å². The van der Waals surface area contributed by atoms with Crippen molar-refractivity contribution in [1.82, 2.24) is 0 Å². The molecule has 0 bridgehead atoms. The van der Waals surface area contributed by atoms with Crippen LogP contribution in [0.5, 0.6) is 0 Å². The fraction of sp³-hybridized carbons (Fsp3) is 1.00. The minimum Gasteiger partial charge on any atom is -0.394 e. The van der Waals surface area contributed by atoms with Crippen LogP contribution in [0.2, 0.25) is 0 Å². The van der Waals surface area contributed by atoms with Gasteiger partial charge in [0, 0.05) is 0 Å². The van der Waals surface area contributed by atoms with Crippen molar-refractivity contribution in [3.63, 3.8) is 0 Å². The second-order valence-corrected chi connectivity index (χ2v) is 4.49. The molecule has 0 aliphatic carbocycles. The number of ether oxygens (including phenoxy) is 1. The molecular formula is C9H18O6. The molecule has 0 aromatic carbocycles. The average Bonchev–Trinajstić information content (AvgIpc) is 2.10. The highest BCUT2D eigenvalue weighted by Gasteiger charge is 2.64. The van der Waals surface area contributed by atoms with Crippen LogP contribution in [0.1, 0.15) is 20.8 Å². The Hall–Kier alpha value is -0.240. The Labute approximate surface area is 87.7 Å². The van der Waals surface area contributed by atoms with Gasteiger partial charge in [-0.05, 0) is 20.8 Å². The smallest absolute Gasteiger partial charge is 0.195 e. The van der Waals surface area contributed by atoms with Crippen molar-refractivity contribution in [2.24, 2.45) is 0 Å². The fourth-order valence-corrected chi connectivity index (χ4v) is 1.73. The quantitative estimate of drug-likeness (QED) is 0.349. The van der Waals surface area contributed by atoms with E-state index in [1.807, 2.05) is 0 Å². The summed E-state index contributed by atoms with van der Waals surface area (Å²) in [6.45, 7) is 2.93. The van der Waals surface area contributed by atoms with E-state index in [9.17, 15) is 20.4 Å². The summed E-state index contributed by atoms with van der Waals surface area (Å²) in [6, 6.07) is 0. The van der Waals surface area contributed by atoms with E-state index in [1.165, 1.54) is 6.92 Å². The molecule has 6 heteroatoms. The normalized spacial score (nSPS) is 56.8. The molecule has 90 valence electrons. The summed E-state index contributed by atoms with van der Waals surface area (Å²) in [5.41, 5.74) is -4.03. The fourth-order valence-electron chi connectivity index (χ4n) is 1.73. The van der Waals surface area contributed by atoms with Gasteiger partial charge in [0.25, 0.3) is 0 Å². The van der Waals surface area contributed by atoms with Crippen molar-refractivity contribution in [1.29, 1.82) is 0 Å². The predicted molar refractivity (Wildman–Crippen MR) is 49.8 cm³/mol. The predicted octanol–water partition coefficient (Wildman–Crippen LogP) is -2.05. The summed E-state index contributed by atoms with van der Waals surface area (Å²) in [5.74, 6) is -2.05. The minimum absolute atomic E-state index is 0.566. The zero-order chi connectivity index (χ0) is 12.1. The molecule has 0 spiro atoms. The molecule has 1 aliphatic heterocycles. The Morgan fingerprint density at radius 1 is 1.13 bits per heavy atom. The highest BCUT2D eigenvalue weighted by molar-refractivity contribution is 5.10. The Balaban J connectivity index is 3.14. The first-order valence-electron chi connectivity index (χ1n) is 4.72. The Morgan fingerprint density at radius 2 is 1.60 bits per heavy atom. The molecule has 0 saturated carbocycles. The van der Waals surface area contributed by atoms with E-state index in [2.05, 4.69) is 0 Å². The van der Waals surface area contributed by atoms with E-state index < -0.39 is 35.8 Å². The molecule has 0 aromatic heterocycles. The number of hydrogen-bond acceptors (Lipinski definition) is 6. The topological polar surface area (TPSA) is 110 Å². The third-order valence-electron chi connectivity index (χ3n) is 3.38.